The summed E-state index contributed by atoms with van der Waals surface area (Å²) in [4.78, 5) is 10.2. The summed E-state index contributed by atoms with van der Waals surface area (Å²) in [7, 11) is 0. The number of nitrogens with zero attached hydrogens (tertiary/aromatic N) is 4. The van der Waals surface area contributed by atoms with Crippen molar-refractivity contribution in [1.29, 1.82) is 0 Å². The maximum absolute atomic E-state index is 10.7. The molecule has 0 saturated heterocycles. The molecule has 2 rings (SSSR count). The van der Waals surface area contributed by atoms with Gasteiger partial charge in [-0.1, -0.05) is 30.2 Å². The molecule has 19 heavy (non-hydrogen) atoms. The Morgan fingerprint density at radius 2 is 2.26 bits per heavy atom. The third-order valence-corrected chi connectivity index (χ3v) is 2.96. The van der Waals surface area contributed by atoms with E-state index in [0.29, 0.717) is 17.9 Å². The topological polar surface area (TPSA) is 99.9 Å². The molecule has 7 nitrogen and oxygen atoms in total. The van der Waals surface area contributed by atoms with E-state index in [1.54, 1.807) is 10.7 Å². The maximum atomic E-state index is 10.7. The summed E-state index contributed by atoms with van der Waals surface area (Å²) in [6.07, 6.45) is 1.60. The fourth-order valence-electron chi connectivity index (χ4n) is 1.77. The van der Waals surface area contributed by atoms with Crippen LogP contribution in [0.15, 0.2) is 18.2 Å². The zero-order chi connectivity index (χ0) is 14.0. The summed E-state index contributed by atoms with van der Waals surface area (Å²) in [6.45, 7) is 2.01. The molecule has 0 spiro atoms. The standard InChI is InChI=1S/C11H12ClN5O2/c1-2-3-10-11(13)14-15-16(10)7-4-5-9(17(18)19)8(12)6-7/h4-6H,2-3,13H2,1H3. The molecule has 1 heterocycles. The number of aromatic nitrogens is 3. The zero-order valence-electron chi connectivity index (χ0n) is 10.2. The van der Waals surface area contributed by atoms with Gasteiger partial charge in [0, 0.05) is 6.07 Å². The van der Waals surface area contributed by atoms with Crippen LogP contribution in [0.1, 0.15) is 19.0 Å². The van der Waals surface area contributed by atoms with Crippen LogP contribution in [0.4, 0.5) is 11.5 Å². The first-order valence-electron chi connectivity index (χ1n) is 5.69. The molecule has 0 atom stereocenters. The number of nitro groups is 1. The van der Waals surface area contributed by atoms with Gasteiger partial charge in [0.05, 0.1) is 16.3 Å². The average molecular weight is 282 g/mol. The zero-order valence-corrected chi connectivity index (χ0v) is 11.0. The SMILES string of the molecule is CCCc1c(N)nnn1-c1ccc([N+](=O)[O-])c(Cl)c1. The number of nitrogens with two attached hydrogens (primary N) is 1. The van der Waals surface area contributed by atoms with Crippen LogP contribution >= 0.6 is 11.6 Å². The van der Waals surface area contributed by atoms with Gasteiger partial charge >= 0.3 is 0 Å². The van der Waals surface area contributed by atoms with Crippen molar-refractivity contribution in [3.05, 3.63) is 39.0 Å². The Hall–Kier alpha value is -2.15. The van der Waals surface area contributed by atoms with E-state index in [9.17, 15) is 10.1 Å². The number of hydrogen-bond acceptors (Lipinski definition) is 5. The van der Waals surface area contributed by atoms with Crippen molar-refractivity contribution in [2.24, 2.45) is 0 Å². The molecule has 1 aromatic carbocycles. The molecule has 2 N–H and O–H groups in total. The van der Waals surface area contributed by atoms with Crippen molar-refractivity contribution in [3.8, 4) is 5.69 Å². The highest BCUT2D eigenvalue weighted by Gasteiger charge is 2.16. The highest BCUT2D eigenvalue weighted by Crippen LogP contribution is 2.27. The van der Waals surface area contributed by atoms with Crippen molar-refractivity contribution in [1.82, 2.24) is 15.0 Å². The van der Waals surface area contributed by atoms with Crippen molar-refractivity contribution in [3.63, 3.8) is 0 Å². The van der Waals surface area contributed by atoms with Crippen LogP contribution in [0.2, 0.25) is 5.02 Å². The van der Waals surface area contributed by atoms with Crippen LogP contribution in [0.3, 0.4) is 0 Å². The molecule has 0 amide bonds. The summed E-state index contributed by atoms with van der Waals surface area (Å²) in [6, 6.07) is 4.38. The Morgan fingerprint density at radius 1 is 1.53 bits per heavy atom. The molecule has 2 aromatic rings. The largest absolute Gasteiger partial charge is 0.381 e. The van der Waals surface area contributed by atoms with Gasteiger partial charge in [0.2, 0.25) is 0 Å². The molecule has 8 heteroatoms. The van der Waals surface area contributed by atoms with E-state index in [1.807, 2.05) is 6.92 Å². The molecule has 0 unspecified atom stereocenters. The van der Waals surface area contributed by atoms with E-state index in [2.05, 4.69) is 10.3 Å². The van der Waals surface area contributed by atoms with Crippen molar-refractivity contribution >= 4 is 23.1 Å². The molecule has 0 bridgehead atoms. The fourth-order valence-corrected chi connectivity index (χ4v) is 2.01. The van der Waals surface area contributed by atoms with Gasteiger partial charge in [0.15, 0.2) is 5.82 Å². The molecule has 0 radical (unpaired) electrons. The average Bonchev–Trinajstić information content (AvgIpc) is 2.71. The van der Waals surface area contributed by atoms with E-state index in [-0.39, 0.29) is 10.7 Å². The third-order valence-electron chi connectivity index (χ3n) is 2.65. The van der Waals surface area contributed by atoms with Gasteiger partial charge in [0.1, 0.15) is 5.02 Å². The normalized spacial score (nSPS) is 10.6. The van der Waals surface area contributed by atoms with Crippen LogP contribution in [0.5, 0.6) is 0 Å². The summed E-state index contributed by atoms with van der Waals surface area (Å²) in [5, 5.41) is 18.5. The molecule has 0 aliphatic carbocycles. The lowest BCUT2D eigenvalue weighted by Crippen LogP contribution is -2.04. The summed E-state index contributed by atoms with van der Waals surface area (Å²) >= 11 is 5.88. The second-order valence-electron chi connectivity index (χ2n) is 3.98. The van der Waals surface area contributed by atoms with Crippen LogP contribution in [0.25, 0.3) is 5.69 Å². The lowest BCUT2D eigenvalue weighted by Gasteiger charge is -2.06. The first-order valence-corrected chi connectivity index (χ1v) is 6.06. The molecular weight excluding hydrogens is 270 g/mol. The third kappa shape index (κ3) is 2.50. The van der Waals surface area contributed by atoms with Crippen molar-refractivity contribution < 1.29 is 4.92 Å². The fraction of sp³-hybridized carbons (Fsp3) is 0.273. The Balaban J connectivity index is 2.48. The second-order valence-corrected chi connectivity index (χ2v) is 4.38. The highest BCUT2D eigenvalue weighted by atomic mass is 35.5. The van der Waals surface area contributed by atoms with Gasteiger partial charge in [-0.3, -0.25) is 10.1 Å². The number of nitrogen functional groups attached to an aromatic ring is 1. The van der Waals surface area contributed by atoms with E-state index in [0.717, 1.165) is 12.1 Å². The monoisotopic (exact) mass is 281 g/mol. The van der Waals surface area contributed by atoms with E-state index >= 15 is 0 Å². The summed E-state index contributed by atoms with van der Waals surface area (Å²) in [5.74, 6) is 0.358. The predicted octanol–water partition coefficient (Wildman–Crippen LogP) is 2.36. The van der Waals surface area contributed by atoms with Crippen LogP contribution < -0.4 is 5.73 Å². The van der Waals surface area contributed by atoms with Gasteiger partial charge in [-0.25, -0.2) is 4.68 Å². The molecule has 0 fully saturated rings. The number of hydrogen-bond donors (Lipinski definition) is 1. The summed E-state index contributed by atoms with van der Waals surface area (Å²) < 4.78 is 1.55. The van der Waals surface area contributed by atoms with Crippen LogP contribution in [-0.2, 0) is 6.42 Å². The van der Waals surface area contributed by atoms with Crippen molar-refractivity contribution in [2.75, 3.05) is 5.73 Å². The lowest BCUT2D eigenvalue weighted by molar-refractivity contribution is -0.384. The number of nitro benzene ring substituents is 1. The first kappa shape index (κ1) is 13.3. The van der Waals surface area contributed by atoms with E-state index in [1.165, 1.54) is 12.1 Å². The first-order chi connectivity index (χ1) is 9.04. The molecule has 0 saturated carbocycles. The van der Waals surface area contributed by atoms with Crippen LogP contribution in [-0.4, -0.2) is 19.9 Å². The minimum atomic E-state index is -0.533. The lowest BCUT2D eigenvalue weighted by atomic mass is 10.2. The molecular formula is C11H12ClN5O2. The minimum absolute atomic E-state index is 0.0546. The maximum Gasteiger partial charge on any atom is 0.288 e. The van der Waals surface area contributed by atoms with E-state index in [4.69, 9.17) is 17.3 Å². The minimum Gasteiger partial charge on any atom is -0.381 e. The Kier molecular flexibility index (Phi) is 3.66. The van der Waals surface area contributed by atoms with Gasteiger partial charge in [-0.15, -0.1) is 5.10 Å². The van der Waals surface area contributed by atoms with Crippen molar-refractivity contribution in [2.45, 2.75) is 19.8 Å². The van der Waals surface area contributed by atoms with E-state index < -0.39 is 4.92 Å². The van der Waals surface area contributed by atoms with Gasteiger partial charge in [-0.2, -0.15) is 0 Å². The smallest absolute Gasteiger partial charge is 0.288 e. The quantitative estimate of drug-likeness (QED) is 0.685. The molecule has 100 valence electrons. The van der Waals surface area contributed by atoms with Gasteiger partial charge < -0.3 is 5.73 Å². The number of anilines is 1. The highest BCUT2D eigenvalue weighted by molar-refractivity contribution is 6.32. The molecule has 0 aliphatic rings. The predicted molar refractivity (Wildman–Crippen MR) is 71.4 cm³/mol. The van der Waals surface area contributed by atoms with Gasteiger partial charge in [-0.05, 0) is 18.6 Å². The Morgan fingerprint density at radius 3 is 2.84 bits per heavy atom. The number of halogens is 1. The number of rotatable bonds is 4. The Bertz CT molecular complexity index is 626. The second kappa shape index (κ2) is 5.23. The summed E-state index contributed by atoms with van der Waals surface area (Å²) in [5.41, 5.74) is 6.97. The molecule has 1 aromatic heterocycles. The van der Waals surface area contributed by atoms with Crippen LogP contribution in [0, 0.1) is 10.1 Å². The number of benzene rings is 1. The Labute approximate surface area is 114 Å². The molecule has 0 aliphatic heterocycles. The van der Waals surface area contributed by atoms with Gasteiger partial charge in [0.25, 0.3) is 5.69 Å².